The number of benzene rings is 2. The normalized spacial score (nSPS) is 10.3. The van der Waals surface area contributed by atoms with Crippen LogP contribution in [-0.4, -0.2) is 11.7 Å². The Labute approximate surface area is 143 Å². The van der Waals surface area contributed by atoms with Crippen molar-refractivity contribution in [2.75, 3.05) is 5.32 Å². The molecule has 0 fully saturated rings. The molecule has 0 radical (unpaired) electrons. The van der Waals surface area contributed by atoms with Gasteiger partial charge in [-0.3, -0.25) is 9.59 Å². The highest BCUT2D eigenvalue weighted by atomic mass is 16.4. The molecule has 0 aliphatic rings. The number of carbonyl (C=O) groups is 2. The number of hydrogen-bond acceptors (Lipinski definition) is 4. The zero-order valence-electron chi connectivity index (χ0n) is 13.5. The second-order valence-corrected chi connectivity index (χ2v) is 5.45. The summed E-state index contributed by atoms with van der Waals surface area (Å²) < 4.78 is 5.28. The minimum absolute atomic E-state index is 0.0352. The number of ketones is 1. The van der Waals surface area contributed by atoms with Gasteiger partial charge < -0.3 is 9.73 Å². The average molecular weight is 333 g/mol. The van der Waals surface area contributed by atoms with Gasteiger partial charge in [-0.25, -0.2) is 4.79 Å². The van der Waals surface area contributed by atoms with Crippen LogP contribution >= 0.6 is 0 Å². The predicted octanol–water partition coefficient (Wildman–Crippen LogP) is 3.76. The van der Waals surface area contributed by atoms with Gasteiger partial charge in [0.25, 0.3) is 5.91 Å². The van der Waals surface area contributed by atoms with Crippen molar-refractivity contribution in [1.29, 1.82) is 0 Å². The second-order valence-electron chi connectivity index (χ2n) is 5.45. The summed E-state index contributed by atoms with van der Waals surface area (Å²) >= 11 is 0. The summed E-state index contributed by atoms with van der Waals surface area (Å²) in [4.78, 5) is 35.5. The summed E-state index contributed by atoms with van der Waals surface area (Å²) in [5.41, 5.74) is 1.13. The number of rotatable bonds is 4. The lowest BCUT2D eigenvalue weighted by atomic mass is 10.1. The highest BCUT2D eigenvalue weighted by Crippen LogP contribution is 2.20. The Morgan fingerprint density at radius 2 is 1.52 bits per heavy atom. The van der Waals surface area contributed by atoms with Crippen molar-refractivity contribution >= 4 is 17.4 Å². The first-order valence-electron chi connectivity index (χ1n) is 7.66. The minimum Gasteiger partial charge on any atom is -0.421 e. The van der Waals surface area contributed by atoms with Crippen LogP contribution in [0.5, 0.6) is 0 Å². The maximum atomic E-state index is 12.1. The first kappa shape index (κ1) is 16.4. The van der Waals surface area contributed by atoms with Gasteiger partial charge in [-0.2, -0.15) is 0 Å². The highest BCUT2D eigenvalue weighted by molar-refractivity contribution is 6.04. The fourth-order valence-electron chi connectivity index (χ4n) is 2.32. The van der Waals surface area contributed by atoms with E-state index in [1.54, 1.807) is 60.7 Å². The van der Waals surface area contributed by atoms with E-state index in [4.69, 9.17) is 4.42 Å². The highest BCUT2D eigenvalue weighted by Gasteiger charge is 2.11. The van der Waals surface area contributed by atoms with Gasteiger partial charge in [0.1, 0.15) is 11.4 Å². The molecule has 1 heterocycles. The van der Waals surface area contributed by atoms with Crippen LogP contribution in [-0.2, 0) is 0 Å². The number of Topliss-reactive ketones (excluding diaryl/α,β-unsaturated/α-hetero) is 1. The van der Waals surface area contributed by atoms with Gasteiger partial charge >= 0.3 is 5.63 Å². The third-order valence-corrected chi connectivity index (χ3v) is 3.68. The van der Waals surface area contributed by atoms with Crippen molar-refractivity contribution in [3.63, 3.8) is 0 Å². The minimum atomic E-state index is -0.641. The van der Waals surface area contributed by atoms with Crippen molar-refractivity contribution < 1.29 is 14.0 Å². The zero-order valence-corrected chi connectivity index (χ0v) is 13.5. The smallest absolute Gasteiger partial charge is 0.360 e. The topological polar surface area (TPSA) is 76.4 Å². The molecule has 0 aliphatic carbocycles. The standard InChI is InChI=1S/C20H15NO4/c1-13(22)14-7-9-15(10-8-14)18-12-11-17(20(24)25-18)21-19(23)16-5-3-2-4-6-16/h2-12H,1H3,(H,21,23). The van der Waals surface area contributed by atoms with Crippen molar-refractivity contribution in [1.82, 2.24) is 0 Å². The van der Waals surface area contributed by atoms with E-state index in [9.17, 15) is 14.4 Å². The summed E-state index contributed by atoms with van der Waals surface area (Å²) in [5, 5.41) is 2.54. The Morgan fingerprint density at radius 3 is 2.12 bits per heavy atom. The lowest BCUT2D eigenvalue weighted by Crippen LogP contribution is -2.17. The zero-order chi connectivity index (χ0) is 17.8. The monoisotopic (exact) mass is 333 g/mol. The predicted molar refractivity (Wildman–Crippen MR) is 94.8 cm³/mol. The summed E-state index contributed by atoms with van der Waals surface area (Å²) in [5.74, 6) is -0.0590. The largest absolute Gasteiger partial charge is 0.421 e. The summed E-state index contributed by atoms with van der Waals surface area (Å²) in [7, 11) is 0. The fraction of sp³-hybridized carbons (Fsp3) is 0.0500. The molecular formula is C20H15NO4. The van der Waals surface area contributed by atoms with Gasteiger partial charge in [0.05, 0.1) is 0 Å². The van der Waals surface area contributed by atoms with Crippen LogP contribution in [0.3, 0.4) is 0 Å². The van der Waals surface area contributed by atoms with Crippen LogP contribution in [0, 0.1) is 0 Å². The number of anilines is 1. The second kappa shape index (κ2) is 6.97. The van der Waals surface area contributed by atoms with Gasteiger partial charge in [0.15, 0.2) is 5.78 Å². The maximum Gasteiger partial charge on any atom is 0.360 e. The number of nitrogens with one attached hydrogen (secondary N) is 1. The van der Waals surface area contributed by atoms with Gasteiger partial charge in [-0.05, 0) is 31.2 Å². The van der Waals surface area contributed by atoms with Crippen LogP contribution in [0.25, 0.3) is 11.3 Å². The molecule has 0 saturated carbocycles. The van der Waals surface area contributed by atoms with Crippen molar-refractivity contribution in [3.05, 3.63) is 88.3 Å². The quantitative estimate of drug-likeness (QED) is 0.738. The number of amides is 1. The van der Waals surface area contributed by atoms with E-state index in [0.717, 1.165) is 0 Å². The van der Waals surface area contributed by atoms with Gasteiger partial charge in [-0.15, -0.1) is 0 Å². The number of hydrogen-bond donors (Lipinski definition) is 1. The lowest BCUT2D eigenvalue weighted by molar-refractivity contribution is 0.101. The fourth-order valence-corrected chi connectivity index (χ4v) is 2.32. The van der Waals surface area contributed by atoms with Crippen molar-refractivity contribution in [3.8, 4) is 11.3 Å². The van der Waals surface area contributed by atoms with E-state index in [1.807, 2.05) is 0 Å². The van der Waals surface area contributed by atoms with Gasteiger partial charge in [-0.1, -0.05) is 42.5 Å². The van der Waals surface area contributed by atoms with Crippen LogP contribution in [0.4, 0.5) is 5.69 Å². The molecule has 0 spiro atoms. The van der Waals surface area contributed by atoms with E-state index in [0.29, 0.717) is 22.5 Å². The molecule has 0 bridgehead atoms. The van der Waals surface area contributed by atoms with Gasteiger partial charge in [0, 0.05) is 16.7 Å². The third kappa shape index (κ3) is 3.72. The van der Waals surface area contributed by atoms with E-state index in [1.165, 1.54) is 13.0 Å². The van der Waals surface area contributed by atoms with E-state index >= 15 is 0 Å². The Kier molecular flexibility index (Phi) is 4.57. The SMILES string of the molecule is CC(=O)c1ccc(-c2ccc(NC(=O)c3ccccc3)c(=O)o2)cc1. The Morgan fingerprint density at radius 1 is 0.840 bits per heavy atom. The van der Waals surface area contributed by atoms with Crippen LogP contribution in [0.15, 0.2) is 75.9 Å². The summed E-state index contributed by atoms with van der Waals surface area (Å²) in [6.45, 7) is 1.49. The molecule has 1 aromatic heterocycles. The number of carbonyl (C=O) groups excluding carboxylic acids is 2. The first-order valence-corrected chi connectivity index (χ1v) is 7.66. The molecule has 25 heavy (non-hydrogen) atoms. The van der Waals surface area contributed by atoms with Crippen LogP contribution < -0.4 is 10.9 Å². The molecule has 0 saturated heterocycles. The molecule has 2 aromatic carbocycles. The molecule has 3 aromatic rings. The van der Waals surface area contributed by atoms with Crippen LogP contribution in [0.1, 0.15) is 27.6 Å². The molecule has 5 heteroatoms. The maximum absolute atomic E-state index is 12.1. The molecule has 3 rings (SSSR count). The summed E-state index contributed by atoms with van der Waals surface area (Å²) in [6.07, 6.45) is 0. The Hall–Kier alpha value is -3.47. The van der Waals surface area contributed by atoms with E-state index in [2.05, 4.69) is 5.32 Å². The Bertz CT molecular complexity index is 973. The van der Waals surface area contributed by atoms with Crippen molar-refractivity contribution in [2.45, 2.75) is 6.92 Å². The molecular weight excluding hydrogens is 318 g/mol. The average Bonchev–Trinajstić information content (AvgIpc) is 2.64. The lowest BCUT2D eigenvalue weighted by Gasteiger charge is -2.06. The molecule has 0 atom stereocenters. The summed E-state index contributed by atoms with van der Waals surface area (Å²) in [6, 6.07) is 18.4. The van der Waals surface area contributed by atoms with Crippen molar-refractivity contribution in [2.24, 2.45) is 0 Å². The van der Waals surface area contributed by atoms with Gasteiger partial charge in [0.2, 0.25) is 0 Å². The molecule has 0 unspecified atom stereocenters. The Balaban J connectivity index is 1.82. The van der Waals surface area contributed by atoms with Crippen LogP contribution in [0.2, 0.25) is 0 Å². The molecule has 1 amide bonds. The molecule has 5 nitrogen and oxygen atoms in total. The molecule has 124 valence electrons. The first-order chi connectivity index (χ1) is 12.0. The third-order valence-electron chi connectivity index (χ3n) is 3.68. The van der Waals surface area contributed by atoms with E-state index in [-0.39, 0.29) is 17.4 Å². The molecule has 0 aliphatic heterocycles. The van der Waals surface area contributed by atoms with E-state index < -0.39 is 5.63 Å². The molecule has 1 N–H and O–H groups in total.